The number of rotatable bonds is 0. The molecule has 0 unspecified atom stereocenters. The fourth-order valence-electron chi connectivity index (χ4n) is 0. The van der Waals surface area contributed by atoms with E-state index in [9.17, 15) is 0 Å². The van der Waals surface area contributed by atoms with Crippen molar-refractivity contribution in [2.75, 3.05) is 0 Å². The van der Waals surface area contributed by atoms with E-state index in [4.69, 9.17) is 355 Å². The summed E-state index contributed by atoms with van der Waals surface area (Å²) in [6.07, 6.45) is 0. The summed E-state index contributed by atoms with van der Waals surface area (Å²) in [5.74, 6) is 0. The van der Waals surface area contributed by atoms with E-state index in [-0.39, 0.29) is 191 Å². The Labute approximate surface area is 538 Å². The van der Waals surface area contributed by atoms with Gasteiger partial charge in [0, 0.05) is 0 Å². The Balaban J connectivity index is -0.00000000363. The Hall–Kier alpha value is -9.43. The zero-order valence-corrected chi connectivity index (χ0v) is 44.0. The molecule has 0 aromatic heterocycles. The minimum atomic E-state index is 0. The summed E-state index contributed by atoms with van der Waals surface area (Å²) in [5.41, 5.74) is 0. The van der Waals surface area contributed by atoms with E-state index in [1.165, 1.54) is 0 Å². The van der Waals surface area contributed by atoms with Crippen LogP contribution in [0.15, 0.2) is 0 Å². The molecule has 0 saturated carbocycles. The topological polar surface area (TPSA) is 714 Å². The van der Waals surface area contributed by atoms with Crippen LogP contribution < -0.4 is 103 Å². The van der Waals surface area contributed by atoms with Crippen molar-refractivity contribution in [1.82, 2.24) is 0 Å². The van der Waals surface area contributed by atoms with Crippen LogP contribution in [-0.4, -0.2) is 0 Å². The van der Waals surface area contributed by atoms with Gasteiger partial charge in [0.05, 0.1) is 0 Å². The average molecular weight is 1140 g/mol. The van der Waals surface area contributed by atoms with Crippen molar-refractivity contribution in [3.63, 3.8) is 0 Å². The Bertz CT molecular complexity index is 696. The van der Waals surface area contributed by atoms with Crippen molar-refractivity contribution in [2.24, 2.45) is 0 Å². The zero-order chi connectivity index (χ0) is 60.0. The molecule has 0 rings (SSSR count). The summed E-state index contributed by atoms with van der Waals surface area (Å²) in [7, 11) is 0. The second-order valence-corrected chi connectivity index (χ2v) is 0. The maximum Gasteiger partial charge on any atom is 6.00 e. The van der Waals surface area contributed by atoms with Gasteiger partial charge in [-0.3, -0.25) is 0 Å². The summed E-state index contributed by atoms with van der Waals surface area (Å²) in [6, 6.07) is 0. The van der Waals surface area contributed by atoms with Crippen LogP contribution in [0, 0.1) is 355 Å². The van der Waals surface area contributed by atoms with Gasteiger partial charge >= 0.3 is 188 Å². The third-order valence-electron chi connectivity index (χ3n) is 0. The maximum absolute atomic E-state index is 6.25. The molecule has 0 aliphatic rings. The number of hydrogen-bond acceptors (Lipinski definition) is 30. The maximum atomic E-state index is 6.25. The van der Waals surface area contributed by atoms with Gasteiger partial charge in [-0.2, -0.15) is 0 Å². The molecule has 0 fully saturated rings. The normalized spacial score (nSPS) is 0.896. The second-order valence-electron chi connectivity index (χ2n) is 0. The largest absolute Gasteiger partial charge is 6.00 e. The van der Waals surface area contributed by atoms with Gasteiger partial charge in [-0.1, -0.05) is 0 Å². The summed E-state index contributed by atoms with van der Waals surface area (Å²) in [6.45, 7) is 142. The van der Waals surface area contributed by atoms with Gasteiger partial charge in [-0.05, 0) is 0 Å². The van der Waals surface area contributed by atoms with Gasteiger partial charge < -0.3 is 358 Å². The molecular weight excluding hydrogens is 1140 g/mol. The zero-order valence-electron chi connectivity index (χ0n) is 34.2. The van der Waals surface area contributed by atoms with E-state index in [0.29, 0.717) is 0 Å². The van der Waals surface area contributed by atoms with Crippen LogP contribution in [0.1, 0.15) is 2.85 Å². The summed E-state index contributed by atoms with van der Waals surface area (Å²) < 4.78 is 0. The molecule has 0 N–H and O–H groups in total. The molecule has 37 heteroatoms. The Morgan fingerprint density at radius 1 is 0.0896 bits per heavy atom. The molecule has 0 bridgehead atoms. The Morgan fingerprint density at radius 3 is 0.0896 bits per heavy atom. The van der Waals surface area contributed by atoms with Gasteiger partial charge in [0.1, 0.15) is 0 Å². The van der Waals surface area contributed by atoms with E-state index in [1.54, 1.807) is 0 Å². The minimum absolute atomic E-state index is 0. The fourth-order valence-corrected chi connectivity index (χ4v) is 0. The van der Waals surface area contributed by atoms with Crippen molar-refractivity contribution >= 4 is 0 Å². The summed E-state index contributed by atoms with van der Waals surface area (Å²) in [4.78, 5) is 0. The van der Waals surface area contributed by atoms with E-state index in [0.717, 1.165) is 0 Å². The van der Waals surface area contributed by atoms with Crippen molar-refractivity contribution in [3.05, 3.63) is 197 Å². The third kappa shape index (κ3) is 1890. The first-order valence-corrected chi connectivity index (χ1v) is 6.71. The molecule has 30 nitrogen and oxygen atoms in total. The first kappa shape index (κ1) is 435. The molecule has 0 radical (unpaired) electrons. The second kappa shape index (κ2) is 1960. The molecule has 0 heterocycles. The molecule has 0 spiro atoms. The molecule has 0 aromatic rings. The third-order valence-corrected chi connectivity index (χ3v) is 0. The van der Waals surface area contributed by atoms with Crippen molar-refractivity contribution in [1.29, 1.82) is 158 Å². The van der Waals surface area contributed by atoms with E-state index >= 15 is 0 Å². The molecule has 0 aliphatic carbocycles. The molecular formula is C30H2Fe5K2N30. The van der Waals surface area contributed by atoms with Gasteiger partial charge in [-0.25, -0.2) is 0 Å². The van der Waals surface area contributed by atoms with Crippen LogP contribution in [0.3, 0.4) is 0 Å². The van der Waals surface area contributed by atoms with Gasteiger partial charge in [-0.15, -0.1) is 0 Å². The molecule has 0 aliphatic heterocycles. The van der Waals surface area contributed by atoms with Crippen LogP contribution in [0.25, 0.3) is 0 Å². The predicted octanol–water partition coefficient (Wildman–Crippen LogP) is -2.89. The SMILES string of the molecule is [C-]#N.[C-]#N.[C-]#N.[C-]#N.[C-]#N.[C-]#N.[C-]#N.[C-]#N.[C-]#N.[C-]#N.[C-]#N.[C-]#N.[C-]#N.[C-]#N.[C-]#N.[C-]#N.[C-]#N.[C-]#N.[C-]#N.[C-]#N.[C-]#N.[C-]#N.[C-]#N.[C-]#N.[C-]#N.[C-]#N.[C-]#N.[C-]#N.[C-]#N.[C-]#N.[Fe+6].[Fe+6].[Fe+6].[Fe+6].[Fe+6].[H-].[H-].[K+].[K+]. The fraction of sp³-hybridized carbons (Fsp3) is 0. The Morgan fingerprint density at radius 2 is 0.0896 bits per heavy atom. The van der Waals surface area contributed by atoms with Crippen LogP contribution in [0.2, 0.25) is 0 Å². The van der Waals surface area contributed by atoms with E-state index < -0.39 is 0 Å². The van der Waals surface area contributed by atoms with Crippen LogP contribution in [0.5, 0.6) is 0 Å². The number of nitrogens with zero attached hydrogens (tertiary/aromatic N) is 30. The quantitative estimate of drug-likeness (QED) is 0.174. The predicted molar refractivity (Wildman–Crippen MR) is 151 cm³/mol. The van der Waals surface area contributed by atoms with Gasteiger partial charge in [0.15, 0.2) is 0 Å². The molecule has 67 heavy (non-hydrogen) atoms. The summed E-state index contributed by atoms with van der Waals surface area (Å²) in [5, 5.41) is 188. The minimum Gasteiger partial charge on any atom is -1.00 e. The van der Waals surface area contributed by atoms with Gasteiger partial charge in [0.25, 0.3) is 0 Å². The van der Waals surface area contributed by atoms with Crippen LogP contribution in [0.4, 0.5) is 0 Å². The van der Waals surface area contributed by atoms with Crippen molar-refractivity contribution < 1.29 is 191 Å². The molecule has 314 valence electrons. The first-order chi connectivity index (χ1) is 30.0. The van der Waals surface area contributed by atoms with Gasteiger partial charge in [0.2, 0.25) is 0 Å². The molecule has 0 saturated heterocycles. The van der Waals surface area contributed by atoms with Crippen LogP contribution >= 0.6 is 0 Å². The Kier molecular flexibility index (Phi) is 12800. The monoisotopic (exact) mass is 1140 g/mol. The molecule has 0 amide bonds. The summed E-state index contributed by atoms with van der Waals surface area (Å²) >= 11 is 0. The van der Waals surface area contributed by atoms with E-state index in [2.05, 4.69) is 0 Å². The van der Waals surface area contributed by atoms with E-state index in [1.807, 2.05) is 0 Å². The first-order valence-electron chi connectivity index (χ1n) is 6.71. The van der Waals surface area contributed by atoms with Crippen molar-refractivity contribution in [3.8, 4) is 0 Å². The van der Waals surface area contributed by atoms with Crippen LogP contribution in [-0.2, 0) is 85.3 Å². The standard InChI is InChI=1S/30CN.5Fe.2K.2H/c30*1-2;;;;;;;;;/q30*-1;5*+6;2*+1;2*-1. The average Bonchev–Trinajstić information content (AvgIpc) is 3.50. The van der Waals surface area contributed by atoms with Crippen molar-refractivity contribution in [2.45, 2.75) is 0 Å². The smallest absolute Gasteiger partial charge is 1.00 e. The number of hydrogen-bond donors (Lipinski definition) is 0. The molecule has 0 aromatic carbocycles. The molecule has 0 atom stereocenters.